The Hall–Kier alpha value is -2.23. The topological polar surface area (TPSA) is 37.4 Å². The normalized spacial score (nSPS) is 13.6. The third-order valence-electron chi connectivity index (χ3n) is 5.27. The van der Waals surface area contributed by atoms with Gasteiger partial charge in [-0.15, -0.1) is 0 Å². The second kappa shape index (κ2) is 7.56. The van der Waals surface area contributed by atoms with Gasteiger partial charge in [-0.25, -0.2) is 4.98 Å². The lowest BCUT2D eigenvalue weighted by molar-refractivity contribution is 0.298. The van der Waals surface area contributed by atoms with Gasteiger partial charge in [-0.3, -0.25) is 0 Å². The molecule has 0 atom stereocenters. The largest absolute Gasteiger partial charge is 0.486 e. The smallest absolute Gasteiger partial charge is 0.185 e. The Kier molecular flexibility index (Phi) is 5.40. The van der Waals surface area contributed by atoms with Gasteiger partial charge in [0.25, 0.3) is 0 Å². The molecular formula is C22H31N3O. The molecule has 1 aliphatic heterocycles. The number of pyridine rings is 1. The van der Waals surface area contributed by atoms with Gasteiger partial charge in [0.2, 0.25) is 0 Å². The quantitative estimate of drug-likeness (QED) is 0.776. The van der Waals surface area contributed by atoms with Crippen molar-refractivity contribution >= 4 is 17.2 Å². The zero-order valence-corrected chi connectivity index (χ0v) is 16.9. The van der Waals surface area contributed by atoms with Crippen LogP contribution in [0.25, 0.3) is 0 Å². The Bertz CT molecular complexity index is 773. The van der Waals surface area contributed by atoms with Crippen molar-refractivity contribution in [2.75, 3.05) is 23.4 Å². The lowest BCUT2D eigenvalue weighted by Gasteiger charge is -2.37. The molecule has 140 valence electrons. The van der Waals surface area contributed by atoms with E-state index in [0.29, 0.717) is 12.6 Å². The molecule has 1 N–H and O–H groups in total. The minimum absolute atomic E-state index is 0.537. The van der Waals surface area contributed by atoms with Crippen molar-refractivity contribution < 1.29 is 4.74 Å². The van der Waals surface area contributed by atoms with E-state index in [1.165, 1.54) is 22.4 Å². The van der Waals surface area contributed by atoms with Crippen molar-refractivity contribution in [1.29, 1.82) is 0 Å². The van der Waals surface area contributed by atoms with E-state index in [-0.39, 0.29) is 0 Å². The van der Waals surface area contributed by atoms with Crippen LogP contribution in [0.5, 0.6) is 5.75 Å². The van der Waals surface area contributed by atoms with Crippen molar-refractivity contribution in [2.45, 2.75) is 60.4 Å². The molecule has 0 unspecified atom stereocenters. The highest BCUT2D eigenvalue weighted by atomic mass is 16.5. The average Bonchev–Trinajstić information content (AvgIpc) is 2.59. The van der Waals surface area contributed by atoms with Crippen LogP contribution in [0.4, 0.5) is 17.2 Å². The van der Waals surface area contributed by atoms with E-state index in [1.807, 2.05) is 0 Å². The Morgan fingerprint density at radius 1 is 1.08 bits per heavy atom. The van der Waals surface area contributed by atoms with Crippen LogP contribution in [0.3, 0.4) is 0 Å². The van der Waals surface area contributed by atoms with E-state index in [1.54, 1.807) is 0 Å². The number of ether oxygens (including phenoxy) is 1. The molecule has 26 heavy (non-hydrogen) atoms. The third kappa shape index (κ3) is 3.50. The minimum atomic E-state index is 0.537. The maximum atomic E-state index is 6.09. The van der Waals surface area contributed by atoms with Crippen molar-refractivity contribution in [2.24, 2.45) is 0 Å². The standard InChI is InChI=1S/C22H31N3O/c1-7-18(8-2)25-9-10-26-21-19(25)13-17(6)23-22(21)24-20-15(4)11-14(3)12-16(20)5/h11-13,18H,7-10H2,1-6H3,(H,23,24). The first kappa shape index (κ1) is 18.6. The molecule has 4 heteroatoms. The Morgan fingerprint density at radius 2 is 1.73 bits per heavy atom. The highest BCUT2D eigenvalue weighted by molar-refractivity contribution is 5.76. The second-order valence-corrected chi connectivity index (χ2v) is 7.37. The molecule has 0 amide bonds. The van der Waals surface area contributed by atoms with Crippen LogP contribution < -0.4 is 15.0 Å². The van der Waals surface area contributed by atoms with Crippen molar-refractivity contribution in [3.8, 4) is 5.75 Å². The summed E-state index contributed by atoms with van der Waals surface area (Å²) in [6.45, 7) is 14.6. The van der Waals surface area contributed by atoms with Gasteiger partial charge in [0.15, 0.2) is 11.6 Å². The molecule has 0 bridgehead atoms. The van der Waals surface area contributed by atoms with E-state index < -0.39 is 0 Å². The molecule has 2 aromatic rings. The minimum Gasteiger partial charge on any atom is -0.486 e. The lowest BCUT2D eigenvalue weighted by atomic mass is 10.0. The van der Waals surface area contributed by atoms with Gasteiger partial charge in [-0.1, -0.05) is 31.5 Å². The summed E-state index contributed by atoms with van der Waals surface area (Å²) in [6.07, 6.45) is 2.27. The van der Waals surface area contributed by atoms with Gasteiger partial charge in [-0.2, -0.15) is 0 Å². The van der Waals surface area contributed by atoms with Gasteiger partial charge < -0.3 is 15.0 Å². The Labute approximate surface area is 157 Å². The first-order chi connectivity index (χ1) is 12.4. The number of aryl methyl sites for hydroxylation is 4. The average molecular weight is 354 g/mol. The molecule has 0 saturated heterocycles. The molecule has 1 aromatic heterocycles. The first-order valence-corrected chi connectivity index (χ1v) is 9.70. The molecule has 0 radical (unpaired) electrons. The lowest BCUT2D eigenvalue weighted by Crippen LogP contribution is -2.40. The van der Waals surface area contributed by atoms with E-state index in [9.17, 15) is 0 Å². The zero-order chi connectivity index (χ0) is 18.8. The monoisotopic (exact) mass is 353 g/mol. The summed E-state index contributed by atoms with van der Waals surface area (Å²) in [7, 11) is 0. The summed E-state index contributed by atoms with van der Waals surface area (Å²) >= 11 is 0. The molecule has 0 fully saturated rings. The summed E-state index contributed by atoms with van der Waals surface area (Å²) in [4.78, 5) is 7.26. The molecule has 0 saturated carbocycles. The number of anilines is 3. The Morgan fingerprint density at radius 3 is 2.35 bits per heavy atom. The highest BCUT2D eigenvalue weighted by Crippen LogP contribution is 2.41. The number of nitrogens with zero attached hydrogens (tertiary/aromatic N) is 2. The number of rotatable bonds is 5. The maximum absolute atomic E-state index is 6.09. The van der Waals surface area contributed by atoms with Crippen LogP contribution in [-0.2, 0) is 0 Å². The predicted octanol–water partition coefficient (Wildman–Crippen LogP) is 5.45. The van der Waals surface area contributed by atoms with Crippen molar-refractivity contribution in [1.82, 2.24) is 4.98 Å². The van der Waals surface area contributed by atoms with Gasteiger partial charge >= 0.3 is 0 Å². The van der Waals surface area contributed by atoms with E-state index in [4.69, 9.17) is 9.72 Å². The molecule has 1 aromatic carbocycles. The molecule has 4 nitrogen and oxygen atoms in total. The molecule has 0 aliphatic carbocycles. The summed E-state index contributed by atoms with van der Waals surface area (Å²) in [5.41, 5.74) is 7.04. The molecule has 2 heterocycles. The number of fused-ring (bicyclic) bond motifs is 1. The van der Waals surface area contributed by atoms with Crippen LogP contribution in [-0.4, -0.2) is 24.2 Å². The Balaban J connectivity index is 2.05. The maximum Gasteiger partial charge on any atom is 0.185 e. The predicted molar refractivity (Wildman–Crippen MR) is 110 cm³/mol. The van der Waals surface area contributed by atoms with Crippen LogP contribution in [0, 0.1) is 27.7 Å². The molecular weight excluding hydrogens is 322 g/mol. The third-order valence-corrected chi connectivity index (χ3v) is 5.27. The number of nitrogens with one attached hydrogen (secondary N) is 1. The zero-order valence-electron chi connectivity index (χ0n) is 16.9. The summed E-state index contributed by atoms with van der Waals surface area (Å²) < 4.78 is 6.09. The number of hydrogen-bond acceptors (Lipinski definition) is 4. The van der Waals surface area contributed by atoms with E-state index in [0.717, 1.165) is 42.3 Å². The van der Waals surface area contributed by atoms with Crippen molar-refractivity contribution in [3.63, 3.8) is 0 Å². The number of benzene rings is 1. The number of aromatic nitrogens is 1. The fraction of sp³-hybridized carbons (Fsp3) is 0.500. The number of hydrogen-bond donors (Lipinski definition) is 1. The molecule has 1 aliphatic rings. The van der Waals surface area contributed by atoms with E-state index in [2.05, 4.69) is 70.0 Å². The van der Waals surface area contributed by atoms with Gasteiger partial charge in [0, 0.05) is 17.4 Å². The van der Waals surface area contributed by atoms with Gasteiger partial charge in [0.05, 0.1) is 12.2 Å². The molecule has 0 spiro atoms. The molecule has 3 rings (SSSR count). The van der Waals surface area contributed by atoms with Crippen LogP contribution >= 0.6 is 0 Å². The van der Waals surface area contributed by atoms with Gasteiger partial charge in [0.1, 0.15) is 6.61 Å². The second-order valence-electron chi connectivity index (χ2n) is 7.37. The SMILES string of the molecule is CCC(CC)N1CCOc2c1cc(C)nc2Nc1c(C)cc(C)cc1C. The van der Waals surface area contributed by atoms with Crippen LogP contribution in [0.15, 0.2) is 18.2 Å². The summed E-state index contributed by atoms with van der Waals surface area (Å²) in [5.74, 6) is 1.71. The summed E-state index contributed by atoms with van der Waals surface area (Å²) in [6, 6.07) is 7.10. The fourth-order valence-corrected chi connectivity index (χ4v) is 4.06. The fourth-order valence-electron chi connectivity index (χ4n) is 4.06. The van der Waals surface area contributed by atoms with Crippen LogP contribution in [0.1, 0.15) is 49.1 Å². The van der Waals surface area contributed by atoms with Crippen molar-refractivity contribution in [3.05, 3.63) is 40.6 Å². The highest BCUT2D eigenvalue weighted by Gasteiger charge is 2.27. The van der Waals surface area contributed by atoms with Crippen LogP contribution in [0.2, 0.25) is 0 Å². The van der Waals surface area contributed by atoms with Gasteiger partial charge in [-0.05, 0) is 57.7 Å². The first-order valence-electron chi connectivity index (χ1n) is 9.70. The summed E-state index contributed by atoms with van der Waals surface area (Å²) in [5, 5.41) is 3.57. The van der Waals surface area contributed by atoms with E-state index >= 15 is 0 Å².